The van der Waals surface area contributed by atoms with Crippen LogP contribution >= 0.6 is 28.3 Å². The molecule has 0 radical (unpaired) electrons. The molecule has 4 nitrogen and oxygen atoms in total. The van der Waals surface area contributed by atoms with E-state index in [0.717, 1.165) is 24.0 Å². The van der Waals surface area contributed by atoms with Gasteiger partial charge in [-0.3, -0.25) is 4.79 Å². The number of amides is 1. The van der Waals surface area contributed by atoms with Crippen LogP contribution in [0.2, 0.25) is 0 Å². The summed E-state index contributed by atoms with van der Waals surface area (Å²) in [5.74, 6) is 1.36. The highest BCUT2D eigenvalue weighted by atomic mass is 79.9. The lowest BCUT2D eigenvalue weighted by Crippen LogP contribution is -2.15. The maximum atomic E-state index is 11.9. The van der Waals surface area contributed by atoms with Crippen LogP contribution in [0.4, 0.5) is 5.69 Å². The van der Waals surface area contributed by atoms with Crippen molar-refractivity contribution in [2.45, 2.75) is 19.3 Å². The molecule has 1 atom stereocenters. The Bertz CT molecular complexity index is 451. The van der Waals surface area contributed by atoms with Crippen molar-refractivity contribution in [3.05, 3.63) is 22.7 Å². The molecule has 1 aliphatic heterocycles. The van der Waals surface area contributed by atoms with Gasteiger partial charge in [0.15, 0.2) is 0 Å². The second kappa shape index (κ2) is 8.49. The monoisotopic (exact) mass is 362 g/mol. The summed E-state index contributed by atoms with van der Waals surface area (Å²) >= 11 is 3.39. The van der Waals surface area contributed by atoms with Gasteiger partial charge in [-0.2, -0.15) is 0 Å². The summed E-state index contributed by atoms with van der Waals surface area (Å²) in [6, 6.07) is 5.58. The number of halogens is 2. The molecule has 6 heteroatoms. The Kier molecular flexibility index (Phi) is 7.34. The first-order valence-corrected chi connectivity index (χ1v) is 7.32. The smallest absolute Gasteiger partial charge is 0.224 e. The van der Waals surface area contributed by atoms with E-state index in [0.29, 0.717) is 23.8 Å². The topological polar surface area (TPSA) is 50.4 Å². The van der Waals surface area contributed by atoms with Gasteiger partial charge in [0.2, 0.25) is 5.91 Å². The molecule has 1 aromatic rings. The van der Waals surface area contributed by atoms with E-state index in [-0.39, 0.29) is 18.3 Å². The molecule has 1 saturated heterocycles. The minimum atomic E-state index is 0. The van der Waals surface area contributed by atoms with E-state index in [9.17, 15) is 4.79 Å². The zero-order valence-corrected chi connectivity index (χ0v) is 13.9. The number of rotatable bonds is 5. The number of benzene rings is 1. The molecule has 0 aromatic heterocycles. The van der Waals surface area contributed by atoms with Gasteiger partial charge >= 0.3 is 0 Å². The largest absolute Gasteiger partial charge is 0.495 e. The fraction of sp³-hybridized carbons (Fsp3) is 0.500. The molecule has 0 spiro atoms. The Hall–Kier alpha value is -0.780. The maximum absolute atomic E-state index is 11.9. The predicted octanol–water partition coefficient (Wildman–Crippen LogP) is 3.21. The Morgan fingerprint density at radius 2 is 2.35 bits per heavy atom. The second-order valence-electron chi connectivity index (χ2n) is 4.79. The summed E-state index contributed by atoms with van der Waals surface area (Å²) in [6.07, 6.45) is 2.67. The van der Waals surface area contributed by atoms with Crippen molar-refractivity contribution in [1.82, 2.24) is 5.32 Å². The highest BCUT2D eigenvalue weighted by molar-refractivity contribution is 9.10. The highest BCUT2D eigenvalue weighted by Crippen LogP contribution is 2.28. The molecule has 20 heavy (non-hydrogen) atoms. The average molecular weight is 364 g/mol. The lowest BCUT2D eigenvalue weighted by molar-refractivity contribution is -0.116. The van der Waals surface area contributed by atoms with Gasteiger partial charge in [-0.05, 0) is 50.0 Å². The molecule has 1 fully saturated rings. The lowest BCUT2D eigenvalue weighted by atomic mass is 10.0. The molecular formula is C14H20BrClN2O2. The lowest BCUT2D eigenvalue weighted by Gasteiger charge is -2.12. The summed E-state index contributed by atoms with van der Waals surface area (Å²) < 4.78 is 6.15. The van der Waals surface area contributed by atoms with Crippen molar-refractivity contribution in [2.24, 2.45) is 5.92 Å². The molecule has 0 saturated carbocycles. The second-order valence-corrected chi connectivity index (χ2v) is 5.71. The number of hydrogen-bond acceptors (Lipinski definition) is 3. The molecule has 1 aromatic carbocycles. The van der Waals surface area contributed by atoms with Crippen molar-refractivity contribution in [3.63, 3.8) is 0 Å². The SMILES string of the molecule is COc1ccc(Br)cc1NC(=O)CCC1CCNC1.Cl. The van der Waals surface area contributed by atoms with Gasteiger partial charge in [-0.1, -0.05) is 15.9 Å². The molecule has 1 amide bonds. The predicted molar refractivity (Wildman–Crippen MR) is 86.8 cm³/mol. The van der Waals surface area contributed by atoms with Crippen molar-refractivity contribution in [1.29, 1.82) is 0 Å². The summed E-state index contributed by atoms with van der Waals surface area (Å²) in [6.45, 7) is 2.11. The van der Waals surface area contributed by atoms with Gasteiger partial charge < -0.3 is 15.4 Å². The van der Waals surface area contributed by atoms with Crippen LogP contribution in [-0.4, -0.2) is 26.1 Å². The minimum Gasteiger partial charge on any atom is -0.495 e. The number of hydrogen-bond donors (Lipinski definition) is 2. The van der Waals surface area contributed by atoms with Gasteiger partial charge in [0, 0.05) is 10.9 Å². The number of carbonyl (C=O) groups excluding carboxylic acids is 1. The van der Waals surface area contributed by atoms with Crippen LogP contribution in [0, 0.1) is 5.92 Å². The van der Waals surface area contributed by atoms with Crippen LogP contribution in [0.5, 0.6) is 5.75 Å². The van der Waals surface area contributed by atoms with Crippen LogP contribution in [0.1, 0.15) is 19.3 Å². The van der Waals surface area contributed by atoms with E-state index in [2.05, 4.69) is 26.6 Å². The molecule has 1 unspecified atom stereocenters. The molecule has 2 N–H and O–H groups in total. The van der Waals surface area contributed by atoms with Crippen molar-refractivity contribution in [2.75, 3.05) is 25.5 Å². The zero-order chi connectivity index (χ0) is 13.7. The van der Waals surface area contributed by atoms with Crippen LogP contribution in [-0.2, 0) is 4.79 Å². The fourth-order valence-electron chi connectivity index (χ4n) is 2.29. The molecular weight excluding hydrogens is 344 g/mol. The van der Waals surface area contributed by atoms with Crippen LogP contribution in [0.3, 0.4) is 0 Å². The van der Waals surface area contributed by atoms with Gasteiger partial charge in [0.25, 0.3) is 0 Å². The number of carbonyl (C=O) groups is 1. The van der Waals surface area contributed by atoms with Gasteiger partial charge in [0.1, 0.15) is 5.75 Å². The van der Waals surface area contributed by atoms with Crippen molar-refractivity contribution < 1.29 is 9.53 Å². The standard InChI is InChI=1S/C14H19BrN2O2.ClH/c1-19-13-4-3-11(15)8-12(13)17-14(18)5-2-10-6-7-16-9-10;/h3-4,8,10,16H,2,5-7,9H2,1H3,(H,17,18);1H. The number of nitrogens with one attached hydrogen (secondary N) is 2. The van der Waals surface area contributed by atoms with E-state index >= 15 is 0 Å². The van der Waals surface area contributed by atoms with Crippen molar-refractivity contribution >= 4 is 39.9 Å². The maximum Gasteiger partial charge on any atom is 0.224 e. The third kappa shape index (κ3) is 4.96. The van der Waals surface area contributed by atoms with Gasteiger partial charge in [-0.15, -0.1) is 12.4 Å². The van der Waals surface area contributed by atoms with Crippen LogP contribution in [0.15, 0.2) is 22.7 Å². The van der Waals surface area contributed by atoms with Crippen molar-refractivity contribution in [3.8, 4) is 5.75 Å². The van der Waals surface area contributed by atoms with E-state index in [1.807, 2.05) is 18.2 Å². The Morgan fingerprint density at radius 3 is 3.00 bits per heavy atom. The normalized spacial score (nSPS) is 17.4. The first-order valence-electron chi connectivity index (χ1n) is 6.53. The first-order chi connectivity index (χ1) is 9.19. The quantitative estimate of drug-likeness (QED) is 0.844. The third-order valence-electron chi connectivity index (χ3n) is 3.38. The summed E-state index contributed by atoms with van der Waals surface area (Å²) in [5, 5.41) is 6.23. The van der Waals surface area contributed by atoms with Crippen LogP contribution < -0.4 is 15.4 Å². The minimum absolute atomic E-state index is 0. The summed E-state index contributed by atoms with van der Waals surface area (Å²) in [4.78, 5) is 11.9. The molecule has 0 bridgehead atoms. The van der Waals surface area contributed by atoms with Gasteiger partial charge in [-0.25, -0.2) is 0 Å². The molecule has 112 valence electrons. The Labute approximate surface area is 134 Å². The molecule has 1 heterocycles. The first kappa shape index (κ1) is 17.3. The molecule has 2 rings (SSSR count). The van der Waals surface area contributed by atoms with E-state index in [1.54, 1.807) is 7.11 Å². The third-order valence-corrected chi connectivity index (χ3v) is 3.87. The summed E-state index contributed by atoms with van der Waals surface area (Å²) in [5.41, 5.74) is 0.714. The number of methoxy groups -OCH3 is 1. The number of anilines is 1. The number of ether oxygens (including phenoxy) is 1. The van der Waals surface area contributed by atoms with E-state index < -0.39 is 0 Å². The average Bonchev–Trinajstić information content (AvgIpc) is 2.90. The van der Waals surface area contributed by atoms with E-state index in [4.69, 9.17) is 4.74 Å². The Morgan fingerprint density at radius 1 is 1.55 bits per heavy atom. The zero-order valence-electron chi connectivity index (χ0n) is 11.4. The molecule has 1 aliphatic rings. The molecule has 0 aliphatic carbocycles. The van der Waals surface area contributed by atoms with E-state index in [1.165, 1.54) is 6.42 Å². The van der Waals surface area contributed by atoms with Gasteiger partial charge in [0.05, 0.1) is 12.8 Å². The highest BCUT2D eigenvalue weighted by Gasteiger charge is 2.16. The fourth-order valence-corrected chi connectivity index (χ4v) is 2.65. The van der Waals surface area contributed by atoms with Crippen LogP contribution in [0.25, 0.3) is 0 Å². The summed E-state index contributed by atoms with van der Waals surface area (Å²) in [7, 11) is 1.60. The Balaban J connectivity index is 0.00000200.